The van der Waals surface area contributed by atoms with E-state index in [1.54, 1.807) is 18.3 Å². The minimum absolute atomic E-state index is 0.0747. The third kappa shape index (κ3) is 3.68. The van der Waals surface area contributed by atoms with Crippen molar-refractivity contribution in [3.05, 3.63) is 53.6 Å². The van der Waals surface area contributed by atoms with Gasteiger partial charge < -0.3 is 15.4 Å². The van der Waals surface area contributed by atoms with Gasteiger partial charge in [-0.05, 0) is 50.6 Å². The number of anilines is 1. The Morgan fingerprint density at radius 1 is 1.36 bits per heavy atom. The van der Waals surface area contributed by atoms with Gasteiger partial charge in [-0.3, -0.25) is 4.79 Å². The number of fused-ring (bicyclic) bond motifs is 1. The van der Waals surface area contributed by atoms with Gasteiger partial charge in [0.25, 0.3) is 0 Å². The van der Waals surface area contributed by atoms with E-state index in [0.717, 1.165) is 25.5 Å². The van der Waals surface area contributed by atoms with Gasteiger partial charge in [-0.25, -0.2) is 13.9 Å². The number of halogens is 1. The van der Waals surface area contributed by atoms with Gasteiger partial charge in [0.05, 0.1) is 11.8 Å². The zero-order chi connectivity index (χ0) is 19.5. The van der Waals surface area contributed by atoms with Crippen molar-refractivity contribution >= 4 is 17.8 Å². The lowest BCUT2D eigenvalue weighted by Gasteiger charge is -2.22. The number of carbonyl (C=O) groups is 1. The second-order valence-electron chi connectivity index (χ2n) is 6.89. The zero-order valence-corrected chi connectivity index (χ0v) is 15.6. The summed E-state index contributed by atoms with van der Waals surface area (Å²) in [5.74, 6) is 0.920. The predicted molar refractivity (Wildman–Crippen MR) is 103 cm³/mol. The first kappa shape index (κ1) is 18.4. The summed E-state index contributed by atoms with van der Waals surface area (Å²) in [6, 6.07) is 6.62. The molecule has 1 aliphatic rings. The zero-order valence-electron chi connectivity index (χ0n) is 15.6. The molecule has 2 atom stereocenters. The Kier molecular flexibility index (Phi) is 5.21. The molecule has 4 rings (SSSR count). The van der Waals surface area contributed by atoms with Crippen molar-refractivity contribution in [3.63, 3.8) is 0 Å². The van der Waals surface area contributed by atoms with Gasteiger partial charge in [-0.1, -0.05) is 0 Å². The van der Waals surface area contributed by atoms with Gasteiger partial charge in [0, 0.05) is 24.3 Å². The number of aldehydes is 1. The van der Waals surface area contributed by atoms with Crippen LogP contribution in [0.5, 0.6) is 5.75 Å². The first-order chi connectivity index (χ1) is 13.7. The topological polar surface area (TPSA) is 80.5 Å². The summed E-state index contributed by atoms with van der Waals surface area (Å²) in [5, 5.41) is 10.5. The number of hydrogen-bond donors (Lipinski definition) is 2. The van der Waals surface area contributed by atoms with Crippen LogP contribution in [-0.2, 0) is 6.54 Å². The number of likely N-dealkylation sites (N-methyl/N-ethyl adjacent to an activating group) is 1. The van der Waals surface area contributed by atoms with Crippen molar-refractivity contribution in [3.8, 4) is 5.75 Å². The summed E-state index contributed by atoms with van der Waals surface area (Å²) in [7, 11) is 1.94. The van der Waals surface area contributed by atoms with Crippen molar-refractivity contribution in [1.82, 2.24) is 19.9 Å². The fourth-order valence-electron chi connectivity index (χ4n) is 3.62. The normalized spacial score (nSPS) is 19.1. The Morgan fingerprint density at radius 2 is 2.25 bits per heavy atom. The highest BCUT2D eigenvalue weighted by Gasteiger charge is 2.28. The molecule has 2 N–H and O–H groups in total. The molecule has 3 aromatic rings. The molecule has 1 fully saturated rings. The van der Waals surface area contributed by atoms with Gasteiger partial charge in [0.1, 0.15) is 23.5 Å². The number of nitrogens with zero attached hydrogens (tertiary/aromatic N) is 3. The predicted octanol–water partition coefficient (Wildman–Crippen LogP) is 2.81. The van der Waals surface area contributed by atoms with Crippen LogP contribution < -0.4 is 15.4 Å². The molecule has 1 unspecified atom stereocenters. The van der Waals surface area contributed by atoms with Crippen LogP contribution in [0.2, 0.25) is 0 Å². The fraction of sp³-hybridized carbons (Fsp3) is 0.350. The summed E-state index contributed by atoms with van der Waals surface area (Å²) in [4.78, 5) is 15.5. The number of carbonyl (C=O) groups excluding carboxylic acids is 1. The second kappa shape index (κ2) is 7.93. The molecule has 0 spiro atoms. The van der Waals surface area contributed by atoms with Crippen molar-refractivity contribution in [2.45, 2.75) is 38.0 Å². The van der Waals surface area contributed by atoms with Gasteiger partial charge in [0.2, 0.25) is 0 Å². The lowest BCUT2D eigenvalue weighted by molar-refractivity contribution is 0.112. The van der Waals surface area contributed by atoms with E-state index in [0.29, 0.717) is 40.9 Å². The molecule has 7 nitrogen and oxygen atoms in total. The summed E-state index contributed by atoms with van der Waals surface area (Å²) < 4.78 is 21.6. The van der Waals surface area contributed by atoms with E-state index in [2.05, 4.69) is 20.7 Å². The van der Waals surface area contributed by atoms with Crippen molar-refractivity contribution in [1.29, 1.82) is 0 Å². The molecule has 28 heavy (non-hydrogen) atoms. The monoisotopic (exact) mass is 383 g/mol. The van der Waals surface area contributed by atoms with Crippen LogP contribution >= 0.6 is 0 Å². The Bertz CT molecular complexity index is 990. The second-order valence-corrected chi connectivity index (χ2v) is 6.89. The molecule has 1 aliphatic carbocycles. The lowest BCUT2D eigenvalue weighted by atomic mass is 10.1. The molecule has 146 valence electrons. The van der Waals surface area contributed by atoms with Crippen LogP contribution in [0.3, 0.4) is 0 Å². The van der Waals surface area contributed by atoms with E-state index >= 15 is 0 Å². The number of hydrogen-bond acceptors (Lipinski definition) is 6. The Labute approximate surface area is 161 Å². The molecule has 1 saturated carbocycles. The maximum atomic E-state index is 13.8. The van der Waals surface area contributed by atoms with E-state index in [1.807, 2.05) is 7.05 Å². The van der Waals surface area contributed by atoms with Crippen LogP contribution in [0.15, 0.2) is 36.7 Å². The van der Waals surface area contributed by atoms with Gasteiger partial charge in [-0.15, -0.1) is 0 Å². The highest BCUT2D eigenvalue weighted by Crippen LogP contribution is 2.28. The van der Waals surface area contributed by atoms with E-state index in [1.165, 1.54) is 22.8 Å². The largest absolute Gasteiger partial charge is 0.488 e. The Balaban J connectivity index is 1.52. The summed E-state index contributed by atoms with van der Waals surface area (Å²) in [5.41, 5.74) is 1.60. The van der Waals surface area contributed by atoms with Crippen molar-refractivity contribution in [2.24, 2.45) is 0 Å². The van der Waals surface area contributed by atoms with E-state index in [-0.39, 0.29) is 11.9 Å². The Morgan fingerprint density at radius 3 is 3.07 bits per heavy atom. The van der Waals surface area contributed by atoms with E-state index < -0.39 is 0 Å². The molecule has 0 bridgehead atoms. The quantitative estimate of drug-likeness (QED) is 0.611. The van der Waals surface area contributed by atoms with Crippen LogP contribution in [0, 0.1) is 5.82 Å². The molecule has 2 heterocycles. The number of benzene rings is 1. The van der Waals surface area contributed by atoms with Crippen molar-refractivity contribution < 1.29 is 13.9 Å². The number of ether oxygens (including phenoxy) is 1. The van der Waals surface area contributed by atoms with Gasteiger partial charge in [0.15, 0.2) is 11.9 Å². The third-order valence-electron chi connectivity index (χ3n) is 5.11. The first-order valence-corrected chi connectivity index (χ1v) is 9.33. The average Bonchev–Trinajstić information content (AvgIpc) is 3.33. The SMILES string of the molecule is CNC1CCC[C@@H]1Oc1ccc(F)cc1CNc1ccn2ncc(C=O)c2n1. The van der Waals surface area contributed by atoms with Crippen molar-refractivity contribution in [2.75, 3.05) is 12.4 Å². The highest BCUT2D eigenvalue weighted by molar-refractivity contribution is 5.83. The van der Waals surface area contributed by atoms with Crippen LogP contribution in [0.25, 0.3) is 5.65 Å². The summed E-state index contributed by atoms with van der Waals surface area (Å²) in [6.07, 6.45) is 7.14. The number of rotatable bonds is 7. The van der Waals surface area contributed by atoms with E-state index in [9.17, 15) is 9.18 Å². The first-order valence-electron chi connectivity index (χ1n) is 9.33. The van der Waals surface area contributed by atoms with Crippen LogP contribution in [0.1, 0.15) is 35.2 Å². The van der Waals surface area contributed by atoms with E-state index in [4.69, 9.17) is 4.74 Å². The molecule has 2 aromatic heterocycles. The van der Waals surface area contributed by atoms with Crippen LogP contribution in [0.4, 0.5) is 10.2 Å². The molecule has 0 saturated heterocycles. The number of aromatic nitrogens is 3. The fourth-order valence-corrected chi connectivity index (χ4v) is 3.62. The minimum Gasteiger partial charge on any atom is -0.488 e. The summed E-state index contributed by atoms with van der Waals surface area (Å²) >= 11 is 0. The van der Waals surface area contributed by atoms with Crippen LogP contribution in [-0.4, -0.2) is 40.1 Å². The lowest BCUT2D eigenvalue weighted by Crippen LogP contribution is -2.36. The molecule has 0 amide bonds. The van der Waals surface area contributed by atoms with Gasteiger partial charge >= 0.3 is 0 Å². The molecular formula is C20H22FN5O2. The maximum Gasteiger partial charge on any atom is 0.167 e. The molecular weight excluding hydrogens is 361 g/mol. The standard InChI is InChI=1S/C20H22FN5O2/c1-22-16-3-2-4-18(16)28-17-6-5-15(21)9-13(17)10-23-19-7-8-26-20(25-19)14(12-27)11-24-26/h5-9,11-12,16,18,22H,2-4,10H2,1H3,(H,23,25)/t16?,18-/m0/s1. The smallest absolute Gasteiger partial charge is 0.167 e. The molecule has 0 aliphatic heterocycles. The highest BCUT2D eigenvalue weighted by atomic mass is 19.1. The van der Waals surface area contributed by atoms with Gasteiger partial charge in [-0.2, -0.15) is 5.10 Å². The molecule has 8 heteroatoms. The maximum absolute atomic E-state index is 13.8. The summed E-state index contributed by atoms with van der Waals surface area (Å²) in [6.45, 7) is 0.345. The number of nitrogens with one attached hydrogen (secondary N) is 2. The Hall–Kier alpha value is -3.00. The molecule has 0 radical (unpaired) electrons. The minimum atomic E-state index is -0.316. The molecule has 1 aromatic carbocycles. The average molecular weight is 383 g/mol. The third-order valence-corrected chi connectivity index (χ3v) is 5.11.